The van der Waals surface area contributed by atoms with Crippen molar-refractivity contribution in [3.05, 3.63) is 53.1 Å². The molecule has 1 aliphatic heterocycles. The van der Waals surface area contributed by atoms with Gasteiger partial charge in [0.25, 0.3) is 0 Å². The van der Waals surface area contributed by atoms with Gasteiger partial charge in [-0.15, -0.1) is 0 Å². The minimum absolute atomic E-state index is 0.0288. The summed E-state index contributed by atoms with van der Waals surface area (Å²) in [5, 5.41) is 6.16. The molecule has 2 aromatic rings. The Hall–Kier alpha value is -2.73. The van der Waals surface area contributed by atoms with Crippen LogP contribution in [0.2, 0.25) is 5.02 Å². The summed E-state index contributed by atoms with van der Waals surface area (Å²) in [6, 6.07) is 12.0. The van der Waals surface area contributed by atoms with Gasteiger partial charge in [-0.3, -0.25) is 4.79 Å². The summed E-state index contributed by atoms with van der Waals surface area (Å²) in [6.45, 7) is 2.32. The van der Waals surface area contributed by atoms with Gasteiger partial charge >= 0.3 is 6.03 Å². The zero-order valence-electron chi connectivity index (χ0n) is 14.6. The Morgan fingerprint density at radius 1 is 1.23 bits per heavy atom. The molecule has 136 valence electrons. The lowest BCUT2D eigenvalue weighted by molar-refractivity contribution is -0.117. The van der Waals surface area contributed by atoms with E-state index in [1.165, 1.54) is 0 Å². The fourth-order valence-electron chi connectivity index (χ4n) is 2.84. The molecule has 1 saturated heterocycles. The summed E-state index contributed by atoms with van der Waals surface area (Å²) < 4.78 is 5.13. The molecule has 6 nitrogen and oxygen atoms in total. The van der Waals surface area contributed by atoms with E-state index in [0.717, 1.165) is 17.0 Å². The standard InChI is InChI=1S/C19H20ClN3O3/c1-12-3-4-13(9-17(12)20)21-19(25)22-14-10-18(24)23(11-14)15-5-7-16(26-2)8-6-15/h3-9,14H,10-11H2,1-2H3,(H2,21,22,25)/t14-/m1/s1. The molecule has 0 bridgehead atoms. The molecule has 1 atom stereocenters. The van der Waals surface area contributed by atoms with Gasteiger partial charge in [0, 0.05) is 29.4 Å². The van der Waals surface area contributed by atoms with Gasteiger partial charge in [-0.2, -0.15) is 0 Å². The van der Waals surface area contributed by atoms with Gasteiger partial charge < -0.3 is 20.3 Å². The lowest BCUT2D eigenvalue weighted by Gasteiger charge is -2.18. The number of hydrogen-bond acceptors (Lipinski definition) is 3. The van der Waals surface area contributed by atoms with Crippen LogP contribution in [0.15, 0.2) is 42.5 Å². The number of halogens is 1. The van der Waals surface area contributed by atoms with E-state index in [9.17, 15) is 9.59 Å². The predicted molar refractivity (Wildman–Crippen MR) is 102 cm³/mol. The number of benzene rings is 2. The van der Waals surface area contributed by atoms with Crippen molar-refractivity contribution in [3.8, 4) is 5.75 Å². The largest absolute Gasteiger partial charge is 0.497 e. The van der Waals surface area contributed by atoms with Crippen LogP contribution in [-0.2, 0) is 4.79 Å². The van der Waals surface area contributed by atoms with Gasteiger partial charge in [-0.25, -0.2) is 4.79 Å². The van der Waals surface area contributed by atoms with E-state index in [2.05, 4.69) is 10.6 Å². The van der Waals surface area contributed by atoms with Crippen LogP contribution in [0.3, 0.4) is 0 Å². The summed E-state index contributed by atoms with van der Waals surface area (Å²) >= 11 is 6.06. The lowest BCUT2D eigenvalue weighted by Crippen LogP contribution is -2.39. The van der Waals surface area contributed by atoms with Crippen LogP contribution in [-0.4, -0.2) is 31.6 Å². The fraction of sp³-hybridized carbons (Fsp3) is 0.263. The highest BCUT2D eigenvalue weighted by molar-refractivity contribution is 6.31. The van der Waals surface area contributed by atoms with E-state index in [1.807, 2.05) is 25.1 Å². The fourth-order valence-corrected chi connectivity index (χ4v) is 3.02. The van der Waals surface area contributed by atoms with Crippen LogP contribution >= 0.6 is 11.6 Å². The SMILES string of the molecule is COc1ccc(N2C[C@H](NC(=O)Nc3ccc(C)c(Cl)c3)CC2=O)cc1. The monoisotopic (exact) mass is 373 g/mol. The Balaban J connectivity index is 1.59. The Morgan fingerprint density at radius 2 is 1.96 bits per heavy atom. The van der Waals surface area contributed by atoms with E-state index in [0.29, 0.717) is 17.3 Å². The number of nitrogens with one attached hydrogen (secondary N) is 2. The first-order valence-corrected chi connectivity index (χ1v) is 8.62. The Labute approximate surface area is 157 Å². The molecular weight excluding hydrogens is 354 g/mol. The summed E-state index contributed by atoms with van der Waals surface area (Å²) in [6.07, 6.45) is 0.258. The number of nitrogens with zero attached hydrogens (tertiary/aromatic N) is 1. The van der Waals surface area contributed by atoms with Crippen molar-refractivity contribution in [3.63, 3.8) is 0 Å². The van der Waals surface area contributed by atoms with E-state index in [4.69, 9.17) is 16.3 Å². The number of carbonyl (C=O) groups is 2. The van der Waals surface area contributed by atoms with Crippen molar-refractivity contribution < 1.29 is 14.3 Å². The third-order valence-corrected chi connectivity index (χ3v) is 4.68. The lowest BCUT2D eigenvalue weighted by atomic mass is 10.2. The third kappa shape index (κ3) is 4.08. The van der Waals surface area contributed by atoms with Gasteiger partial charge in [-0.05, 0) is 48.9 Å². The highest BCUT2D eigenvalue weighted by Crippen LogP contribution is 2.24. The van der Waals surface area contributed by atoms with Crippen LogP contribution in [0.4, 0.5) is 16.2 Å². The summed E-state index contributed by atoms with van der Waals surface area (Å²) in [7, 11) is 1.59. The molecule has 1 aliphatic rings. The van der Waals surface area contributed by atoms with Crippen molar-refractivity contribution in [1.82, 2.24) is 5.32 Å². The maximum atomic E-state index is 12.3. The van der Waals surface area contributed by atoms with E-state index < -0.39 is 0 Å². The second-order valence-electron chi connectivity index (χ2n) is 6.17. The van der Waals surface area contributed by atoms with Crippen molar-refractivity contribution in [2.24, 2.45) is 0 Å². The van der Waals surface area contributed by atoms with Crippen molar-refractivity contribution in [2.45, 2.75) is 19.4 Å². The number of carbonyl (C=O) groups excluding carboxylic acids is 2. The second kappa shape index (κ2) is 7.66. The van der Waals surface area contributed by atoms with E-state index in [1.54, 1.807) is 36.3 Å². The predicted octanol–water partition coefficient (Wildman–Crippen LogP) is 3.58. The van der Waals surface area contributed by atoms with E-state index >= 15 is 0 Å². The molecule has 1 heterocycles. The van der Waals surface area contributed by atoms with Crippen LogP contribution < -0.4 is 20.3 Å². The average Bonchev–Trinajstić information content (AvgIpc) is 2.98. The normalized spacial score (nSPS) is 16.5. The molecule has 0 unspecified atom stereocenters. The van der Waals surface area contributed by atoms with Crippen molar-refractivity contribution >= 4 is 34.9 Å². The minimum atomic E-state index is -0.362. The van der Waals surface area contributed by atoms with Crippen LogP contribution in [0, 0.1) is 6.92 Å². The zero-order valence-corrected chi connectivity index (χ0v) is 15.3. The molecule has 0 spiro atoms. The van der Waals surface area contributed by atoms with Crippen molar-refractivity contribution in [2.75, 3.05) is 23.9 Å². The number of amides is 3. The molecule has 3 rings (SSSR count). The second-order valence-corrected chi connectivity index (χ2v) is 6.57. The molecule has 26 heavy (non-hydrogen) atoms. The first-order chi connectivity index (χ1) is 12.5. The zero-order chi connectivity index (χ0) is 18.7. The number of rotatable bonds is 4. The minimum Gasteiger partial charge on any atom is -0.497 e. The molecule has 2 aromatic carbocycles. The molecule has 2 N–H and O–H groups in total. The smallest absolute Gasteiger partial charge is 0.319 e. The van der Waals surface area contributed by atoms with Crippen LogP contribution in [0.5, 0.6) is 5.75 Å². The van der Waals surface area contributed by atoms with Gasteiger partial charge in [0.2, 0.25) is 5.91 Å². The Bertz CT molecular complexity index is 823. The summed E-state index contributed by atoms with van der Waals surface area (Å²) in [5.74, 6) is 0.699. The molecule has 3 amide bonds. The average molecular weight is 374 g/mol. The summed E-state index contributed by atoms with van der Waals surface area (Å²) in [5.41, 5.74) is 2.33. The van der Waals surface area contributed by atoms with Gasteiger partial charge in [-0.1, -0.05) is 17.7 Å². The number of urea groups is 1. The molecule has 7 heteroatoms. The Morgan fingerprint density at radius 3 is 2.62 bits per heavy atom. The number of ether oxygens (including phenoxy) is 1. The Kier molecular flexibility index (Phi) is 5.32. The molecule has 0 aromatic heterocycles. The number of methoxy groups -OCH3 is 1. The van der Waals surface area contributed by atoms with E-state index in [-0.39, 0.29) is 24.4 Å². The molecule has 0 saturated carbocycles. The topological polar surface area (TPSA) is 70.7 Å². The molecule has 0 aliphatic carbocycles. The molecular formula is C19H20ClN3O3. The maximum Gasteiger partial charge on any atom is 0.319 e. The van der Waals surface area contributed by atoms with Crippen LogP contribution in [0.25, 0.3) is 0 Å². The number of aryl methyl sites for hydroxylation is 1. The maximum absolute atomic E-state index is 12.3. The van der Waals surface area contributed by atoms with Gasteiger partial charge in [0.15, 0.2) is 0 Å². The molecule has 1 fully saturated rings. The van der Waals surface area contributed by atoms with Crippen LogP contribution in [0.1, 0.15) is 12.0 Å². The van der Waals surface area contributed by atoms with Crippen molar-refractivity contribution in [1.29, 1.82) is 0 Å². The highest BCUT2D eigenvalue weighted by Gasteiger charge is 2.31. The quantitative estimate of drug-likeness (QED) is 0.860. The number of hydrogen-bond donors (Lipinski definition) is 2. The first kappa shape index (κ1) is 18.1. The third-order valence-electron chi connectivity index (χ3n) is 4.27. The molecule has 0 radical (unpaired) electrons. The number of anilines is 2. The highest BCUT2D eigenvalue weighted by atomic mass is 35.5. The van der Waals surface area contributed by atoms with Gasteiger partial charge in [0.1, 0.15) is 5.75 Å². The summed E-state index contributed by atoms with van der Waals surface area (Å²) in [4.78, 5) is 26.1. The van der Waals surface area contributed by atoms with Gasteiger partial charge in [0.05, 0.1) is 13.2 Å². The first-order valence-electron chi connectivity index (χ1n) is 8.24.